The summed E-state index contributed by atoms with van der Waals surface area (Å²) in [5.74, 6) is -0.924. The normalized spacial score (nSPS) is 12.3. The average molecular weight is 675 g/mol. The Bertz CT molecular complexity index is 830. The molecule has 0 radical (unpaired) electrons. The maximum atomic E-state index is 12.6. The Labute approximate surface area is 295 Å². The molecule has 278 valence electrons. The van der Waals surface area contributed by atoms with Crippen molar-refractivity contribution in [3.8, 4) is 0 Å². The second-order valence-corrected chi connectivity index (χ2v) is 13.2. The Kier molecular flexibility index (Phi) is 35.6. The lowest BCUT2D eigenvalue weighted by Crippen LogP contribution is -2.30. The summed E-state index contributed by atoms with van der Waals surface area (Å²) in [6.45, 7) is 6.42. The summed E-state index contributed by atoms with van der Waals surface area (Å²) in [5.41, 5.74) is 0. The molecule has 0 spiro atoms. The van der Waals surface area contributed by atoms with E-state index in [0.29, 0.717) is 19.3 Å². The van der Waals surface area contributed by atoms with Gasteiger partial charge >= 0.3 is 17.9 Å². The molecule has 0 N–H and O–H groups in total. The first-order valence-electron chi connectivity index (χ1n) is 20.0. The average Bonchev–Trinajstić information content (AvgIpc) is 3.08. The van der Waals surface area contributed by atoms with E-state index in [4.69, 9.17) is 14.2 Å². The third kappa shape index (κ3) is 35.0. The lowest BCUT2D eigenvalue weighted by molar-refractivity contribution is -0.167. The maximum absolute atomic E-state index is 12.6. The fourth-order valence-electron chi connectivity index (χ4n) is 5.29. The van der Waals surface area contributed by atoms with Crippen LogP contribution in [0.5, 0.6) is 0 Å². The summed E-state index contributed by atoms with van der Waals surface area (Å²) in [5, 5.41) is 0. The molecular weight excluding hydrogens is 600 g/mol. The third-order valence-electron chi connectivity index (χ3n) is 8.35. The zero-order valence-corrected chi connectivity index (χ0v) is 31.5. The van der Waals surface area contributed by atoms with Gasteiger partial charge in [-0.05, 0) is 70.6 Å². The van der Waals surface area contributed by atoms with Crippen molar-refractivity contribution in [1.82, 2.24) is 0 Å². The van der Waals surface area contributed by atoms with Crippen LogP contribution in [0.3, 0.4) is 0 Å². The van der Waals surface area contributed by atoms with Gasteiger partial charge in [0.1, 0.15) is 13.2 Å². The molecule has 6 nitrogen and oxygen atoms in total. The van der Waals surface area contributed by atoms with Gasteiger partial charge in [0.15, 0.2) is 6.10 Å². The molecule has 0 aliphatic carbocycles. The minimum Gasteiger partial charge on any atom is -0.462 e. The molecule has 0 aliphatic rings. The Morgan fingerprint density at radius 3 is 1.29 bits per heavy atom. The van der Waals surface area contributed by atoms with Crippen LogP contribution in [0.15, 0.2) is 36.5 Å². The molecule has 1 atom stereocenters. The predicted octanol–water partition coefficient (Wildman–Crippen LogP) is 12.2. The number of hydrogen-bond acceptors (Lipinski definition) is 6. The van der Waals surface area contributed by atoms with Crippen molar-refractivity contribution < 1.29 is 28.6 Å². The smallest absolute Gasteiger partial charge is 0.306 e. The molecule has 0 aromatic rings. The van der Waals surface area contributed by atoms with Crippen molar-refractivity contribution in [1.29, 1.82) is 0 Å². The number of carbonyl (C=O) groups excluding carboxylic acids is 3. The van der Waals surface area contributed by atoms with Crippen LogP contribution in [-0.2, 0) is 28.6 Å². The minimum atomic E-state index is -0.773. The van der Waals surface area contributed by atoms with Gasteiger partial charge in [-0.3, -0.25) is 14.4 Å². The van der Waals surface area contributed by atoms with E-state index < -0.39 is 6.10 Å². The van der Waals surface area contributed by atoms with Gasteiger partial charge in [0, 0.05) is 19.3 Å². The van der Waals surface area contributed by atoms with Gasteiger partial charge in [-0.25, -0.2) is 0 Å². The van der Waals surface area contributed by atoms with Crippen LogP contribution < -0.4 is 0 Å². The molecule has 1 unspecified atom stereocenters. The van der Waals surface area contributed by atoms with Crippen LogP contribution in [0.25, 0.3) is 0 Å². The molecule has 48 heavy (non-hydrogen) atoms. The summed E-state index contributed by atoms with van der Waals surface area (Å²) >= 11 is 0. The first-order valence-corrected chi connectivity index (χ1v) is 20.0. The zero-order chi connectivity index (χ0) is 35.2. The van der Waals surface area contributed by atoms with Crippen LogP contribution in [0.2, 0.25) is 0 Å². The molecule has 0 bridgehead atoms. The number of hydrogen-bond donors (Lipinski definition) is 0. The number of allylic oxidation sites excluding steroid dienone is 6. The number of rotatable bonds is 35. The molecule has 0 fully saturated rings. The highest BCUT2D eigenvalue weighted by molar-refractivity contribution is 5.71. The molecule has 0 heterocycles. The third-order valence-corrected chi connectivity index (χ3v) is 8.35. The fourth-order valence-corrected chi connectivity index (χ4v) is 5.29. The largest absolute Gasteiger partial charge is 0.462 e. The van der Waals surface area contributed by atoms with Crippen LogP contribution in [-0.4, -0.2) is 37.2 Å². The first-order chi connectivity index (χ1) is 23.5. The van der Waals surface area contributed by atoms with E-state index >= 15 is 0 Å². The van der Waals surface area contributed by atoms with Gasteiger partial charge in [0.2, 0.25) is 0 Å². The number of carbonyl (C=O) groups is 3. The summed E-state index contributed by atoms with van der Waals surface area (Å²) in [6, 6.07) is 0. The molecular formula is C42H74O6. The number of unbranched alkanes of at least 4 members (excludes halogenated alkanes) is 18. The number of esters is 3. The first kappa shape index (κ1) is 45.6. The van der Waals surface area contributed by atoms with E-state index in [-0.39, 0.29) is 31.1 Å². The molecule has 0 saturated carbocycles. The molecule has 0 amide bonds. The van der Waals surface area contributed by atoms with Gasteiger partial charge in [0.25, 0.3) is 0 Å². The van der Waals surface area contributed by atoms with Crippen molar-refractivity contribution in [2.24, 2.45) is 0 Å². The highest BCUT2D eigenvalue weighted by Crippen LogP contribution is 2.12. The van der Waals surface area contributed by atoms with Gasteiger partial charge in [0.05, 0.1) is 0 Å². The van der Waals surface area contributed by atoms with Crippen molar-refractivity contribution in [2.75, 3.05) is 13.2 Å². The van der Waals surface area contributed by atoms with Crippen molar-refractivity contribution in [3.05, 3.63) is 36.5 Å². The van der Waals surface area contributed by atoms with Gasteiger partial charge in [-0.1, -0.05) is 141 Å². The molecule has 0 saturated heterocycles. The Balaban J connectivity index is 4.32. The lowest BCUT2D eigenvalue weighted by Gasteiger charge is -2.18. The van der Waals surface area contributed by atoms with Crippen LogP contribution in [0.1, 0.15) is 194 Å². The van der Waals surface area contributed by atoms with Crippen LogP contribution in [0, 0.1) is 0 Å². The fraction of sp³-hybridized carbons (Fsp3) is 0.786. The van der Waals surface area contributed by atoms with E-state index in [1.807, 2.05) is 0 Å². The Morgan fingerprint density at radius 2 is 0.792 bits per heavy atom. The van der Waals surface area contributed by atoms with Gasteiger partial charge in [-0.15, -0.1) is 0 Å². The van der Waals surface area contributed by atoms with E-state index in [1.54, 1.807) is 0 Å². The standard InChI is InChI=1S/C42H74O6/c1-4-7-10-13-15-17-19-21-23-24-26-29-32-35-41(44)47-38-39(37-46-40(43)34-31-28-12-9-6-3)48-42(45)36-33-30-27-25-22-20-18-16-14-11-8-5-2/h10,13,16-19,39H,4-9,11-12,14-15,20-38H2,1-3H3/b13-10-,18-16-,19-17-. The quantitative estimate of drug-likeness (QED) is 0.0288. The SMILES string of the molecule is CCC/C=C\C/C=C\CCCCCCCC(=O)OCC(COC(=O)CCCCCCC)OC(=O)CCCCCCC/C=C\CCCCC. The lowest BCUT2D eigenvalue weighted by atomic mass is 10.1. The highest BCUT2D eigenvalue weighted by Gasteiger charge is 2.19. The predicted molar refractivity (Wildman–Crippen MR) is 201 cm³/mol. The monoisotopic (exact) mass is 675 g/mol. The molecule has 0 rings (SSSR count). The summed E-state index contributed by atoms with van der Waals surface area (Å²) in [6.07, 6.45) is 40.1. The molecule has 0 aromatic carbocycles. The highest BCUT2D eigenvalue weighted by atomic mass is 16.6. The van der Waals surface area contributed by atoms with Crippen LogP contribution >= 0.6 is 0 Å². The summed E-state index contributed by atoms with van der Waals surface area (Å²) < 4.78 is 16.5. The van der Waals surface area contributed by atoms with Crippen molar-refractivity contribution in [3.63, 3.8) is 0 Å². The van der Waals surface area contributed by atoms with E-state index in [0.717, 1.165) is 103 Å². The summed E-state index contributed by atoms with van der Waals surface area (Å²) in [7, 11) is 0. The zero-order valence-electron chi connectivity index (χ0n) is 31.5. The van der Waals surface area contributed by atoms with E-state index in [1.165, 1.54) is 51.4 Å². The van der Waals surface area contributed by atoms with Crippen LogP contribution in [0.4, 0.5) is 0 Å². The molecule has 0 aliphatic heterocycles. The Morgan fingerprint density at radius 1 is 0.417 bits per heavy atom. The number of ether oxygens (including phenoxy) is 3. The minimum absolute atomic E-state index is 0.0811. The Hall–Kier alpha value is -2.37. The second kappa shape index (κ2) is 37.4. The van der Waals surface area contributed by atoms with Crippen molar-refractivity contribution >= 4 is 17.9 Å². The van der Waals surface area contributed by atoms with Gasteiger partial charge in [-0.2, -0.15) is 0 Å². The van der Waals surface area contributed by atoms with E-state index in [2.05, 4.69) is 57.2 Å². The second-order valence-electron chi connectivity index (χ2n) is 13.2. The maximum Gasteiger partial charge on any atom is 0.306 e. The van der Waals surface area contributed by atoms with Gasteiger partial charge < -0.3 is 14.2 Å². The van der Waals surface area contributed by atoms with E-state index in [9.17, 15) is 14.4 Å². The van der Waals surface area contributed by atoms with Crippen molar-refractivity contribution in [2.45, 2.75) is 200 Å². The molecule has 6 heteroatoms. The topological polar surface area (TPSA) is 78.9 Å². The molecule has 0 aromatic heterocycles. The summed E-state index contributed by atoms with van der Waals surface area (Å²) in [4.78, 5) is 37.3.